The summed E-state index contributed by atoms with van der Waals surface area (Å²) >= 11 is 0. The highest BCUT2D eigenvalue weighted by atomic mass is 35.5. The predicted octanol–water partition coefficient (Wildman–Crippen LogP) is 2.12. The molecule has 0 saturated heterocycles. The third kappa shape index (κ3) is 3.98. The second-order valence-electron chi connectivity index (χ2n) is 3.74. The summed E-state index contributed by atoms with van der Waals surface area (Å²) in [6, 6.07) is 6.20. The molecule has 0 saturated carbocycles. The maximum Gasteiger partial charge on any atom is 0.224 e. The second kappa shape index (κ2) is 7.25. The molecule has 1 atom stereocenters. The highest BCUT2D eigenvalue weighted by Crippen LogP contribution is 2.21. The van der Waals surface area contributed by atoms with E-state index in [1.807, 2.05) is 0 Å². The summed E-state index contributed by atoms with van der Waals surface area (Å²) in [6.45, 7) is 2.11. The molecule has 1 aromatic rings. The monoisotopic (exact) mass is 260 g/mol. The summed E-state index contributed by atoms with van der Waals surface area (Å²) < 4.78 is 13.5. The number of hydrogen-bond acceptors (Lipinski definition) is 2. The molecule has 1 rings (SSSR count). The molecule has 1 amide bonds. The number of hydrogen-bond donors (Lipinski definition) is 1. The Labute approximate surface area is 107 Å². The number of benzene rings is 1. The van der Waals surface area contributed by atoms with Gasteiger partial charge in [-0.05, 0) is 13.0 Å². The van der Waals surface area contributed by atoms with Crippen LogP contribution in [0.25, 0.3) is 0 Å². The lowest BCUT2D eigenvalue weighted by Gasteiger charge is -2.25. The van der Waals surface area contributed by atoms with E-state index >= 15 is 0 Å². The van der Waals surface area contributed by atoms with Crippen LogP contribution < -0.4 is 5.73 Å². The van der Waals surface area contributed by atoms with E-state index < -0.39 is 0 Å². The summed E-state index contributed by atoms with van der Waals surface area (Å²) in [4.78, 5) is 13.1. The standard InChI is InChI=1S/C12H17FN2O.ClH/c1-9(15(2)12(16)7-8-14)10-5-3-4-6-11(10)13;/h3-6,9H,7-8,14H2,1-2H3;1H. The van der Waals surface area contributed by atoms with E-state index in [0.717, 1.165) is 0 Å². The number of amides is 1. The van der Waals surface area contributed by atoms with Gasteiger partial charge in [-0.3, -0.25) is 4.79 Å². The van der Waals surface area contributed by atoms with Gasteiger partial charge in [0.15, 0.2) is 0 Å². The quantitative estimate of drug-likeness (QED) is 0.901. The van der Waals surface area contributed by atoms with Gasteiger partial charge in [0.1, 0.15) is 5.82 Å². The fourth-order valence-corrected chi connectivity index (χ4v) is 1.54. The largest absolute Gasteiger partial charge is 0.339 e. The zero-order valence-electron chi connectivity index (χ0n) is 10.0. The van der Waals surface area contributed by atoms with Crippen molar-refractivity contribution in [3.05, 3.63) is 35.6 Å². The highest BCUT2D eigenvalue weighted by molar-refractivity contribution is 5.85. The molecule has 0 aliphatic carbocycles. The van der Waals surface area contributed by atoms with Gasteiger partial charge in [-0.1, -0.05) is 18.2 Å². The summed E-state index contributed by atoms with van der Waals surface area (Å²) in [7, 11) is 1.66. The lowest BCUT2D eigenvalue weighted by Crippen LogP contribution is -2.31. The molecule has 96 valence electrons. The Morgan fingerprint density at radius 2 is 2.06 bits per heavy atom. The summed E-state index contributed by atoms with van der Waals surface area (Å²) in [5.41, 5.74) is 5.84. The van der Waals surface area contributed by atoms with Gasteiger partial charge in [0.05, 0.1) is 6.04 Å². The zero-order chi connectivity index (χ0) is 12.1. The smallest absolute Gasteiger partial charge is 0.224 e. The van der Waals surface area contributed by atoms with Crippen LogP contribution in [0.5, 0.6) is 0 Å². The first-order valence-corrected chi connectivity index (χ1v) is 5.28. The lowest BCUT2D eigenvalue weighted by atomic mass is 10.1. The van der Waals surface area contributed by atoms with E-state index in [1.54, 1.807) is 32.2 Å². The van der Waals surface area contributed by atoms with E-state index in [-0.39, 0.29) is 36.6 Å². The van der Waals surface area contributed by atoms with Crippen LogP contribution in [-0.4, -0.2) is 24.4 Å². The maximum absolute atomic E-state index is 13.5. The first-order chi connectivity index (χ1) is 7.57. The van der Waals surface area contributed by atoms with Crippen LogP contribution in [0.1, 0.15) is 24.9 Å². The first-order valence-electron chi connectivity index (χ1n) is 5.28. The molecular formula is C12H18ClFN2O. The maximum atomic E-state index is 13.5. The van der Waals surface area contributed by atoms with E-state index in [1.165, 1.54) is 11.0 Å². The fourth-order valence-electron chi connectivity index (χ4n) is 1.54. The van der Waals surface area contributed by atoms with E-state index in [9.17, 15) is 9.18 Å². The number of nitrogens with zero attached hydrogens (tertiary/aromatic N) is 1. The van der Waals surface area contributed by atoms with Gasteiger partial charge in [-0.15, -0.1) is 12.4 Å². The number of carbonyl (C=O) groups excluding carboxylic acids is 1. The van der Waals surface area contributed by atoms with E-state index in [4.69, 9.17) is 5.73 Å². The Bertz CT molecular complexity index is 373. The van der Waals surface area contributed by atoms with Crippen LogP contribution in [0.15, 0.2) is 24.3 Å². The van der Waals surface area contributed by atoms with Crippen molar-refractivity contribution in [3.63, 3.8) is 0 Å². The van der Waals surface area contributed by atoms with Gasteiger partial charge in [0.2, 0.25) is 5.91 Å². The zero-order valence-corrected chi connectivity index (χ0v) is 10.8. The first kappa shape index (κ1) is 15.9. The van der Waals surface area contributed by atoms with Crippen LogP contribution in [0.3, 0.4) is 0 Å². The molecule has 0 heterocycles. The molecule has 1 unspecified atom stereocenters. The Kier molecular flexibility index (Phi) is 6.76. The fraction of sp³-hybridized carbons (Fsp3) is 0.417. The minimum Gasteiger partial charge on any atom is -0.339 e. The molecule has 0 aliphatic rings. The molecule has 0 bridgehead atoms. The minimum atomic E-state index is -0.289. The number of nitrogens with two attached hydrogens (primary N) is 1. The molecule has 3 nitrogen and oxygen atoms in total. The van der Waals surface area contributed by atoms with Gasteiger partial charge >= 0.3 is 0 Å². The van der Waals surface area contributed by atoms with Crippen LogP contribution in [0, 0.1) is 5.82 Å². The van der Waals surface area contributed by atoms with Gasteiger partial charge in [0, 0.05) is 25.6 Å². The Hall–Kier alpha value is -1.13. The normalized spacial score (nSPS) is 11.5. The molecule has 0 aliphatic heterocycles. The van der Waals surface area contributed by atoms with Gasteiger partial charge in [-0.2, -0.15) is 0 Å². The Morgan fingerprint density at radius 1 is 1.47 bits per heavy atom. The molecule has 1 aromatic carbocycles. The number of carbonyl (C=O) groups is 1. The molecule has 0 aromatic heterocycles. The molecule has 5 heteroatoms. The van der Waals surface area contributed by atoms with Crippen LogP contribution in [0.4, 0.5) is 4.39 Å². The van der Waals surface area contributed by atoms with Crippen LogP contribution in [-0.2, 0) is 4.79 Å². The summed E-state index contributed by atoms with van der Waals surface area (Å²) in [5.74, 6) is -0.361. The van der Waals surface area contributed by atoms with Crippen molar-refractivity contribution in [2.45, 2.75) is 19.4 Å². The molecule has 17 heavy (non-hydrogen) atoms. The topological polar surface area (TPSA) is 46.3 Å². The molecule has 2 N–H and O–H groups in total. The molecular weight excluding hydrogens is 243 g/mol. The van der Waals surface area contributed by atoms with Gasteiger partial charge < -0.3 is 10.6 Å². The number of halogens is 2. The van der Waals surface area contributed by atoms with Crippen molar-refractivity contribution in [3.8, 4) is 0 Å². The SMILES string of the molecule is CC(c1ccccc1F)N(C)C(=O)CCN.Cl. The van der Waals surface area contributed by atoms with Gasteiger partial charge in [-0.25, -0.2) is 4.39 Å². The lowest BCUT2D eigenvalue weighted by molar-refractivity contribution is -0.131. The third-order valence-electron chi connectivity index (χ3n) is 2.69. The second-order valence-corrected chi connectivity index (χ2v) is 3.74. The van der Waals surface area contributed by atoms with Crippen molar-refractivity contribution in [1.82, 2.24) is 4.90 Å². The van der Waals surface area contributed by atoms with Crippen molar-refractivity contribution in [2.24, 2.45) is 5.73 Å². The van der Waals surface area contributed by atoms with E-state index in [0.29, 0.717) is 12.1 Å². The Balaban J connectivity index is 0.00000256. The molecule has 0 fully saturated rings. The predicted molar refractivity (Wildman–Crippen MR) is 68.5 cm³/mol. The van der Waals surface area contributed by atoms with Crippen molar-refractivity contribution in [1.29, 1.82) is 0 Å². The minimum absolute atomic E-state index is 0. The number of rotatable bonds is 4. The Morgan fingerprint density at radius 3 is 2.59 bits per heavy atom. The average Bonchev–Trinajstić information content (AvgIpc) is 2.28. The van der Waals surface area contributed by atoms with Crippen LogP contribution in [0.2, 0.25) is 0 Å². The molecule has 0 spiro atoms. The van der Waals surface area contributed by atoms with Gasteiger partial charge in [0.25, 0.3) is 0 Å². The van der Waals surface area contributed by atoms with Crippen molar-refractivity contribution < 1.29 is 9.18 Å². The summed E-state index contributed by atoms with van der Waals surface area (Å²) in [6.07, 6.45) is 0.287. The van der Waals surface area contributed by atoms with E-state index in [2.05, 4.69) is 0 Å². The highest BCUT2D eigenvalue weighted by Gasteiger charge is 2.18. The van der Waals surface area contributed by atoms with Crippen molar-refractivity contribution in [2.75, 3.05) is 13.6 Å². The van der Waals surface area contributed by atoms with Crippen molar-refractivity contribution >= 4 is 18.3 Å². The average molecular weight is 261 g/mol. The third-order valence-corrected chi connectivity index (χ3v) is 2.69. The summed E-state index contributed by atoms with van der Waals surface area (Å²) in [5, 5.41) is 0. The molecule has 0 radical (unpaired) electrons. The van der Waals surface area contributed by atoms with Crippen LogP contribution >= 0.6 is 12.4 Å².